The summed E-state index contributed by atoms with van der Waals surface area (Å²) in [5, 5.41) is 11.7. The van der Waals surface area contributed by atoms with Gasteiger partial charge in [0.25, 0.3) is 5.91 Å². The van der Waals surface area contributed by atoms with Crippen molar-refractivity contribution in [2.45, 2.75) is 40.2 Å². The van der Waals surface area contributed by atoms with E-state index in [0.29, 0.717) is 40.6 Å². The quantitative estimate of drug-likeness (QED) is 0.477. The van der Waals surface area contributed by atoms with E-state index in [1.54, 1.807) is 37.1 Å². The number of hydrogen-bond acceptors (Lipinski definition) is 8. The van der Waals surface area contributed by atoms with Gasteiger partial charge in [0.2, 0.25) is 5.78 Å². The number of aromatic nitrogens is 1. The van der Waals surface area contributed by atoms with Crippen molar-refractivity contribution in [2.24, 2.45) is 0 Å². The van der Waals surface area contributed by atoms with Gasteiger partial charge in [-0.3, -0.25) is 9.59 Å². The molecule has 0 fully saturated rings. The number of amides is 1. The first-order chi connectivity index (χ1) is 16.3. The molecule has 0 bridgehead atoms. The van der Waals surface area contributed by atoms with Crippen LogP contribution in [0.5, 0.6) is 11.5 Å². The Bertz CT molecular complexity index is 1090. The molecule has 1 aromatic heterocycles. The van der Waals surface area contributed by atoms with Crippen LogP contribution in [0.15, 0.2) is 29.5 Å². The Balaban J connectivity index is 2.09. The van der Waals surface area contributed by atoms with Crippen molar-refractivity contribution >= 4 is 23.0 Å². The Kier molecular flexibility index (Phi) is 8.33. The molecule has 2 heterocycles. The third-order valence-electron chi connectivity index (χ3n) is 6.16. The highest BCUT2D eigenvalue weighted by Gasteiger charge is 2.45. The zero-order valence-electron chi connectivity index (χ0n) is 20.7. The van der Waals surface area contributed by atoms with Gasteiger partial charge in [-0.1, -0.05) is 13.8 Å². The standard InChI is InChI=1S/C25H33N3O5S/c1-7-27(8-2)12-9-13-28-21(18-14-17(32-5)10-11-19(18)33-6)20(23(30)25(28)31)22(29)24-15(3)26-16(4)34-24/h10-11,14,21,30H,7-9,12-13H2,1-6H3/t21-/m0/s1. The number of Topliss-reactive ketones (excluding diaryl/α,β-unsaturated/α-hetero) is 1. The molecule has 184 valence electrons. The van der Waals surface area contributed by atoms with Gasteiger partial charge in [-0.15, -0.1) is 11.3 Å². The summed E-state index contributed by atoms with van der Waals surface area (Å²) in [6, 6.07) is 4.45. The van der Waals surface area contributed by atoms with Crippen molar-refractivity contribution in [1.82, 2.24) is 14.8 Å². The fourth-order valence-electron chi connectivity index (χ4n) is 4.36. The molecule has 1 aliphatic rings. The van der Waals surface area contributed by atoms with Crippen LogP contribution >= 0.6 is 11.3 Å². The van der Waals surface area contributed by atoms with Gasteiger partial charge in [0.15, 0.2) is 5.76 Å². The van der Waals surface area contributed by atoms with Crippen molar-refractivity contribution in [1.29, 1.82) is 0 Å². The number of methoxy groups -OCH3 is 2. The van der Waals surface area contributed by atoms with Crippen LogP contribution < -0.4 is 9.47 Å². The fourth-order valence-corrected chi connectivity index (χ4v) is 5.24. The number of nitrogens with zero attached hydrogens (tertiary/aromatic N) is 3. The van der Waals surface area contributed by atoms with Crippen LogP contribution in [0, 0.1) is 13.8 Å². The molecule has 1 aromatic carbocycles. The van der Waals surface area contributed by atoms with Crippen LogP contribution in [0.1, 0.15) is 52.2 Å². The molecule has 0 spiro atoms. The van der Waals surface area contributed by atoms with Crippen LogP contribution in [-0.2, 0) is 4.79 Å². The van der Waals surface area contributed by atoms with Gasteiger partial charge in [-0.25, -0.2) is 4.98 Å². The van der Waals surface area contributed by atoms with Gasteiger partial charge in [-0.2, -0.15) is 0 Å². The molecule has 0 aliphatic carbocycles. The second kappa shape index (κ2) is 11.0. The fraction of sp³-hybridized carbons (Fsp3) is 0.480. The molecule has 0 saturated heterocycles. The van der Waals surface area contributed by atoms with E-state index < -0.39 is 23.5 Å². The predicted octanol–water partition coefficient (Wildman–Crippen LogP) is 4.09. The van der Waals surface area contributed by atoms with E-state index in [1.807, 2.05) is 6.92 Å². The molecule has 34 heavy (non-hydrogen) atoms. The normalized spacial score (nSPS) is 16.0. The highest BCUT2D eigenvalue weighted by atomic mass is 32.1. The number of aliphatic hydroxyl groups excluding tert-OH is 1. The maximum atomic E-state index is 13.7. The molecule has 0 saturated carbocycles. The van der Waals surface area contributed by atoms with E-state index in [0.717, 1.165) is 24.6 Å². The molecule has 3 rings (SSSR count). The molecule has 0 radical (unpaired) electrons. The van der Waals surface area contributed by atoms with E-state index in [2.05, 4.69) is 23.7 Å². The smallest absolute Gasteiger partial charge is 0.290 e. The first kappa shape index (κ1) is 25.7. The summed E-state index contributed by atoms with van der Waals surface area (Å²) < 4.78 is 11.0. The summed E-state index contributed by atoms with van der Waals surface area (Å²) >= 11 is 1.26. The Morgan fingerprint density at radius 2 is 1.91 bits per heavy atom. The summed E-state index contributed by atoms with van der Waals surface area (Å²) in [5.74, 6) is -0.404. The van der Waals surface area contributed by atoms with Crippen molar-refractivity contribution in [3.05, 3.63) is 50.7 Å². The van der Waals surface area contributed by atoms with E-state index >= 15 is 0 Å². The number of carbonyl (C=O) groups is 2. The Hall–Kier alpha value is -2.91. The minimum absolute atomic E-state index is 0.0474. The Morgan fingerprint density at radius 1 is 1.21 bits per heavy atom. The number of ketones is 1. The van der Waals surface area contributed by atoms with Crippen LogP contribution in [-0.4, -0.2) is 72.0 Å². The third-order valence-corrected chi connectivity index (χ3v) is 7.23. The Morgan fingerprint density at radius 3 is 2.47 bits per heavy atom. The number of aliphatic hydroxyl groups is 1. The highest BCUT2D eigenvalue weighted by Crippen LogP contribution is 2.44. The van der Waals surface area contributed by atoms with E-state index in [4.69, 9.17) is 9.47 Å². The average molecular weight is 488 g/mol. The molecular formula is C25H33N3O5S. The average Bonchev–Trinajstić information content (AvgIpc) is 3.30. The monoisotopic (exact) mass is 487 g/mol. The lowest BCUT2D eigenvalue weighted by molar-refractivity contribution is -0.129. The minimum Gasteiger partial charge on any atom is -0.503 e. The van der Waals surface area contributed by atoms with Crippen molar-refractivity contribution in [2.75, 3.05) is 40.4 Å². The maximum absolute atomic E-state index is 13.7. The first-order valence-electron chi connectivity index (χ1n) is 11.4. The highest BCUT2D eigenvalue weighted by molar-refractivity contribution is 7.14. The summed E-state index contributed by atoms with van der Waals surface area (Å²) in [6.45, 7) is 10.8. The van der Waals surface area contributed by atoms with Gasteiger partial charge >= 0.3 is 0 Å². The third kappa shape index (κ3) is 4.95. The second-order valence-electron chi connectivity index (χ2n) is 8.13. The summed E-state index contributed by atoms with van der Waals surface area (Å²) in [7, 11) is 3.09. The molecule has 1 N–H and O–H groups in total. The van der Waals surface area contributed by atoms with Crippen LogP contribution in [0.3, 0.4) is 0 Å². The lowest BCUT2D eigenvalue weighted by atomic mass is 9.94. The molecule has 8 nitrogen and oxygen atoms in total. The molecule has 1 aliphatic heterocycles. The van der Waals surface area contributed by atoms with Crippen molar-refractivity contribution < 1.29 is 24.2 Å². The van der Waals surface area contributed by atoms with Crippen LogP contribution in [0.4, 0.5) is 0 Å². The van der Waals surface area contributed by atoms with Gasteiger partial charge in [0, 0.05) is 12.1 Å². The van der Waals surface area contributed by atoms with Gasteiger partial charge in [-0.05, 0) is 58.1 Å². The lowest BCUT2D eigenvalue weighted by Gasteiger charge is -2.29. The number of hydrogen-bond donors (Lipinski definition) is 1. The van der Waals surface area contributed by atoms with Crippen LogP contribution in [0.25, 0.3) is 0 Å². The number of thiazole rings is 1. The number of rotatable bonds is 11. The minimum atomic E-state index is -0.802. The second-order valence-corrected chi connectivity index (χ2v) is 9.33. The molecule has 9 heteroatoms. The number of ether oxygens (including phenoxy) is 2. The zero-order valence-corrected chi connectivity index (χ0v) is 21.5. The summed E-state index contributed by atoms with van der Waals surface area (Å²) in [5.41, 5.74) is 1.21. The summed E-state index contributed by atoms with van der Waals surface area (Å²) in [6.07, 6.45) is 0.698. The predicted molar refractivity (Wildman–Crippen MR) is 132 cm³/mol. The van der Waals surface area contributed by atoms with Gasteiger partial charge in [0.1, 0.15) is 11.5 Å². The first-order valence-corrected chi connectivity index (χ1v) is 12.3. The number of aryl methyl sites for hydroxylation is 2. The Labute approximate surface area is 204 Å². The number of benzene rings is 1. The number of carbonyl (C=O) groups excluding carboxylic acids is 2. The molecule has 2 aromatic rings. The topological polar surface area (TPSA) is 92.2 Å². The molecular weight excluding hydrogens is 454 g/mol. The molecule has 0 unspecified atom stereocenters. The van der Waals surface area contributed by atoms with Crippen molar-refractivity contribution in [3.63, 3.8) is 0 Å². The van der Waals surface area contributed by atoms with E-state index in [-0.39, 0.29) is 5.57 Å². The molecule has 1 amide bonds. The van der Waals surface area contributed by atoms with Gasteiger partial charge in [0.05, 0.1) is 41.4 Å². The lowest BCUT2D eigenvalue weighted by Crippen LogP contribution is -2.34. The van der Waals surface area contributed by atoms with Crippen molar-refractivity contribution in [3.8, 4) is 11.5 Å². The SMILES string of the molecule is CCN(CC)CCCN1C(=O)C(O)=C(C(=O)c2sc(C)nc2C)[C@@H]1c1cc(OC)ccc1OC. The summed E-state index contributed by atoms with van der Waals surface area (Å²) in [4.78, 5) is 35.6. The van der Waals surface area contributed by atoms with E-state index in [1.165, 1.54) is 18.4 Å². The van der Waals surface area contributed by atoms with E-state index in [9.17, 15) is 14.7 Å². The maximum Gasteiger partial charge on any atom is 0.290 e. The zero-order chi connectivity index (χ0) is 25.0. The van der Waals surface area contributed by atoms with Crippen LogP contribution in [0.2, 0.25) is 0 Å². The molecule has 1 atom stereocenters. The largest absolute Gasteiger partial charge is 0.503 e. The van der Waals surface area contributed by atoms with Gasteiger partial charge < -0.3 is 24.4 Å².